The Morgan fingerprint density at radius 1 is 1.21 bits per heavy atom. The number of carbonyl (C=O) groups excluding carboxylic acids is 2. The number of nitrogens with zero attached hydrogens (tertiary/aromatic N) is 3. The van der Waals surface area contributed by atoms with Gasteiger partial charge in [-0.2, -0.15) is 0 Å². The summed E-state index contributed by atoms with van der Waals surface area (Å²) in [5.41, 5.74) is 0.369. The summed E-state index contributed by atoms with van der Waals surface area (Å²) in [5.74, 6) is -0.157. The van der Waals surface area contributed by atoms with Crippen LogP contribution in [0.1, 0.15) is 10.4 Å². The van der Waals surface area contributed by atoms with Crippen LogP contribution in [0.25, 0.3) is 0 Å². The van der Waals surface area contributed by atoms with E-state index in [0.717, 1.165) is 0 Å². The van der Waals surface area contributed by atoms with Gasteiger partial charge in [-0.05, 0) is 17.7 Å². The molecular weight excluding hydrogens is 270 g/mol. The van der Waals surface area contributed by atoms with Crippen LogP contribution < -0.4 is 0 Å². The van der Waals surface area contributed by atoms with Gasteiger partial charge in [-0.15, -0.1) is 0 Å². The first-order chi connectivity index (χ1) is 9.00. The van der Waals surface area contributed by atoms with Crippen LogP contribution in [0.5, 0.6) is 0 Å². The molecule has 0 N–H and O–H groups in total. The van der Waals surface area contributed by atoms with E-state index < -0.39 is 0 Å². The minimum absolute atomic E-state index is 0.0338. The van der Waals surface area contributed by atoms with Gasteiger partial charge in [0.2, 0.25) is 5.22 Å². The number of halogens is 1. The Hall–Kier alpha value is -1.69. The highest BCUT2D eigenvalue weighted by atomic mass is 35.5. The molecule has 1 fully saturated rings. The van der Waals surface area contributed by atoms with Crippen molar-refractivity contribution in [1.82, 2.24) is 14.7 Å². The third kappa shape index (κ3) is 2.84. The fraction of sp³-hybridized carbons (Fsp3) is 0.500. The van der Waals surface area contributed by atoms with Crippen molar-refractivity contribution in [3.8, 4) is 0 Å². The van der Waals surface area contributed by atoms with E-state index >= 15 is 0 Å². The van der Waals surface area contributed by atoms with Crippen LogP contribution in [0.4, 0.5) is 4.79 Å². The van der Waals surface area contributed by atoms with E-state index in [9.17, 15) is 9.59 Å². The highest BCUT2D eigenvalue weighted by Crippen LogP contribution is 2.19. The second-order valence-electron chi connectivity index (χ2n) is 4.56. The average molecular weight is 286 g/mol. The molecule has 7 heteroatoms. The lowest BCUT2D eigenvalue weighted by Crippen LogP contribution is -2.52. The van der Waals surface area contributed by atoms with E-state index in [-0.39, 0.29) is 17.2 Å². The molecule has 1 aromatic rings. The summed E-state index contributed by atoms with van der Waals surface area (Å²) in [5, 5.41) is 0.108. The maximum Gasteiger partial charge on any atom is 0.319 e. The summed E-state index contributed by atoms with van der Waals surface area (Å²) >= 11 is 5.79. The minimum atomic E-state index is -0.157. The van der Waals surface area contributed by atoms with Crippen molar-refractivity contribution in [2.24, 2.45) is 0 Å². The lowest BCUT2D eigenvalue weighted by atomic mass is 10.2. The van der Waals surface area contributed by atoms with E-state index in [2.05, 4.69) is 0 Å². The Balaban J connectivity index is 1.95. The zero-order valence-corrected chi connectivity index (χ0v) is 11.7. The maximum atomic E-state index is 12.2. The molecule has 104 valence electrons. The van der Waals surface area contributed by atoms with Crippen LogP contribution in [0.15, 0.2) is 16.7 Å². The van der Waals surface area contributed by atoms with Gasteiger partial charge in [0.25, 0.3) is 5.91 Å². The number of hydrogen-bond donors (Lipinski definition) is 0. The Kier molecular flexibility index (Phi) is 3.99. The second kappa shape index (κ2) is 5.52. The van der Waals surface area contributed by atoms with Crippen molar-refractivity contribution in [3.63, 3.8) is 0 Å². The standard InChI is InChI=1S/C12H16ClN3O3/c1-14(2)12(18)16-6-4-15(5-7-16)11(17)9-3-8-19-10(9)13/h3,8H,4-7H2,1-2H3. The Labute approximate surface area is 116 Å². The van der Waals surface area contributed by atoms with Gasteiger partial charge < -0.3 is 19.1 Å². The first kappa shape index (κ1) is 13.7. The molecule has 0 aromatic carbocycles. The summed E-state index contributed by atoms with van der Waals surface area (Å²) in [6.45, 7) is 2.05. The third-order valence-corrected chi connectivity index (χ3v) is 3.36. The highest BCUT2D eigenvalue weighted by molar-refractivity contribution is 6.32. The summed E-state index contributed by atoms with van der Waals surface area (Å²) in [6.07, 6.45) is 1.39. The normalized spacial score (nSPS) is 15.5. The van der Waals surface area contributed by atoms with E-state index in [1.165, 1.54) is 11.2 Å². The second-order valence-corrected chi connectivity index (χ2v) is 4.91. The topological polar surface area (TPSA) is 57.0 Å². The number of urea groups is 1. The number of carbonyl (C=O) groups is 2. The van der Waals surface area contributed by atoms with Crippen molar-refractivity contribution >= 4 is 23.5 Å². The molecule has 0 bridgehead atoms. The van der Waals surface area contributed by atoms with E-state index in [1.807, 2.05) is 0 Å². The average Bonchev–Trinajstić information content (AvgIpc) is 2.83. The molecule has 1 aliphatic rings. The molecule has 0 atom stereocenters. The molecule has 2 heterocycles. The number of amides is 3. The highest BCUT2D eigenvalue weighted by Gasteiger charge is 2.27. The summed E-state index contributed by atoms with van der Waals surface area (Å²) in [6, 6.07) is 1.52. The molecule has 19 heavy (non-hydrogen) atoms. The van der Waals surface area contributed by atoms with Gasteiger partial charge in [0.05, 0.1) is 11.8 Å². The van der Waals surface area contributed by atoms with Crippen LogP contribution in [-0.2, 0) is 0 Å². The molecule has 1 saturated heterocycles. The summed E-state index contributed by atoms with van der Waals surface area (Å²) < 4.78 is 4.91. The lowest BCUT2D eigenvalue weighted by molar-refractivity contribution is 0.0650. The number of piperazine rings is 1. The van der Waals surface area contributed by atoms with E-state index in [0.29, 0.717) is 31.7 Å². The number of furan rings is 1. The van der Waals surface area contributed by atoms with Crippen molar-refractivity contribution in [2.45, 2.75) is 0 Å². The smallest absolute Gasteiger partial charge is 0.319 e. The van der Waals surface area contributed by atoms with Gasteiger partial charge in [0.15, 0.2) is 0 Å². The minimum Gasteiger partial charge on any atom is -0.452 e. The number of hydrogen-bond acceptors (Lipinski definition) is 3. The lowest BCUT2D eigenvalue weighted by Gasteiger charge is -2.35. The Bertz CT molecular complexity index is 478. The van der Waals surface area contributed by atoms with Gasteiger partial charge in [0, 0.05) is 40.3 Å². The molecule has 0 saturated carbocycles. The van der Waals surface area contributed by atoms with Crippen molar-refractivity contribution in [2.75, 3.05) is 40.3 Å². The van der Waals surface area contributed by atoms with Crippen LogP contribution in [0.2, 0.25) is 5.22 Å². The molecule has 0 aliphatic carbocycles. The maximum absolute atomic E-state index is 12.2. The summed E-state index contributed by atoms with van der Waals surface area (Å²) in [7, 11) is 3.43. The van der Waals surface area contributed by atoms with Crippen molar-refractivity contribution in [3.05, 3.63) is 23.1 Å². The van der Waals surface area contributed by atoms with Crippen LogP contribution in [-0.4, -0.2) is 66.9 Å². The predicted molar refractivity (Wildman–Crippen MR) is 70.3 cm³/mol. The number of rotatable bonds is 1. The van der Waals surface area contributed by atoms with Crippen LogP contribution >= 0.6 is 11.6 Å². The zero-order valence-electron chi connectivity index (χ0n) is 10.9. The molecule has 1 aliphatic heterocycles. The molecule has 0 radical (unpaired) electrons. The van der Waals surface area contributed by atoms with E-state index in [4.69, 9.17) is 16.0 Å². The Morgan fingerprint density at radius 2 is 1.79 bits per heavy atom. The zero-order chi connectivity index (χ0) is 14.0. The molecule has 0 spiro atoms. The predicted octanol–water partition coefficient (Wildman–Crippen LogP) is 1.37. The van der Waals surface area contributed by atoms with Gasteiger partial charge >= 0.3 is 6.03 Å². The molecule has 6 nitrogen and oxygen atoms in total. The largest absolute Gasteiger partial charge is 0.452 e. The SMILES string of the molecule is CN(C)C(=O)N1CCN(C(=O)c2ccoc2Cl)CC1. The van der Waals surface area contributed by atoms with Crippen molar-refractivity contribution < 1.29 is 14.0 Å². The first-order valence-electron chi connectivity index (χ1n) is 5.99. The molecule has 0 unspecified atom stereocenters. The first-order valence-corrected chi connectivity index (χ1v) is 6.37. The monoisotopic (exact) mass is 285 g/mol. The third-order valence-electron chi connectivity index (χ3n) is 3.07. The Morgan fingerprint density at radius 3 is 2.26 bits per heavy atom. The van der Waals surface area contributed by atoms with Gasteiger partial charge in [-0.1, -0.05) is 0 Å². The van der Waals surface area contributed by atoms with Gasteiger partial charge in [-0.3, -0.25) is 4.79 Å². The van der Waals surface area contributed by atoms with E-state index in [1.54, 1.807) is 30.0 Å². The van der Waals surface area contributed by atoms with Crippen LogP contribution in [0.3, 0.4) is 0 Å². The van der Waals surface area contributed by atoms with Crippen LogP contribution in [0, 0.1) is 0 Å². The molecule has 1 aromatic heterocycles. The molecule has 2 rings (SSSR count). The fourth-order valence-electron chi connectivity index (χ4n) is 2.00. The summed E-state index contributed by atoms with van der Waals surface area (Å²) in [4.78, 5) is 28.9. The quantitative estimate of drug-likeness (QED) is 0.783. The van der Waals surface area contributed by atoms with Gasteiger partial charge in [-0.25, -0.2) is 4.79 Å². The molecular formula is C12H16ClN3O3. The van der Waals surface area contributed by atoms with Gasteiger partial charge in [0.1, 0.15) is 0 Å². The van der Waals surface area contributed by atoms with Crippen molar-refractivity contribution in [1.29, 1.82) is 0 Å². The fourth-order valence-corrected chi connectivity index (χ4v) is 2.20. The molecule has 3 amide bonds.